The zero-order chi connectivity index (χ0) is 13.0. The molecule has 0 aliphatic rings. The van der Waals surface area contributed by atoms with Crippen LogP contribution in [0.1, 0.15) is 11.1 Å². The van der Waals surface area contributed by atoms with E-state index in [1.807, 2.05) is 7.05 Å². The van der Waals surface area contributed by atoms with Gasteiger partial charge in [-0.2, -0.15) is 0 Å². The van der Waals surface area contributed by atoms with Crippen molar-refractivity contribution >= 4 is 27.3 Å². The Hall–Kier alpha value is -1.48. The molecule has 0 saturated carbocycles. The van der Waals surface area contributed by atoms with Crippen LogP contribution in [0.4, 0.5) is 11.4 Å². The number of aryl methyl sites for hydroxylation is 1. The molecule has 0 heterocycles. The van der Waals surface area contributed by atoms with Crippen molar-refractivity contribution in [2.45, 2.75) is 13.5 Å². The van der Waals surface area contributed by atoms with Gasteiger partial charge in [0.05, 0.1) is 0 Å². The molecular weight excluding hydrogens is 288 g/mol. The van der Waals surface area contributed by atoms with Crippen molar-refractivity contribution in [2.75, 3.05) is 17.7 Å². The van der Waals surface area contributed by atoms with Crippen molar-refractivity contribution in [1.82, 2.24) is 0 Å². The van der Waals surface area contributed by atoms with Gasteiger partial charge < -0.3 is 10.6 Å². The average Bonchev–Trinajstić information content (AvgIpc) is 2.40. The second-order valence-corrected chi connectivity index (χ2v) is 5.12. The smallest absolute Gasteiger partial charge is 0.0401 e. The Kier molecular flexibility index (Phi) is 4.26. The first-order chi connectivity index (χ1) is 8.69. The molecule has 0 radical (unpaired) electrons. The van der Waals surface area contributed by atoms with E-state index in [0.717, 1.165) is 22.4 Å². The van der Waals surface area contributed by atoms with Gasteiger partial charge in [0.2, 0.25) is 0 Å². The number of hydrogen-bond donors (Lipinski definition) is 2. The Bertz CT molecular complexity index is 538. The number of halogens is 1. The molecule has 2 aromatic rings. The topological polar surface area (TPSA) is 24.1 Å². The van der Waals surface area contributed by atoms with E-state index in [2.05, 4.69) is 76.0 Å². The van der Waals surface area contributed by atoms with Crippen LogP contribution in [0.3, 0.4) is 0 Å². The summed E-state index contributed by atoms with van der Waals surface area (Å²) in [5.41, 5.74) is 4.79. The van der Waals surface area contributed by atoms with Gasteiger partial charge in [-0.15, -0.1) is 0 Å². The van der Waals surface area contributed by atoms with Gasteiger partial charge in [-0.3, -0.25) is 0 Å². The first-order valence-corrected chi connectivity index (χ1v) is 6.75. The van der Waals surface area contributed by atoms with Gasteiger partial charge in [-0.25, -0.2) is 0 Å². The van der Waals surface area contributed by atoms with Gasteiger partial charge >= 0.3 is 0 Å². The molecule has 0 spiro atoms. The molecule has 2 rings (SSSR count). The van der Waals surface area contributed by atoms with E-state index in [-0.39, 0.29) is 0 Å². The van der Waals surface area contributed by atoms with Gasteiger partial charge in [0.25, 0.3) is 0 Å². The van der Waals surface area contributed by atoms with Crippen LogP contribution in [0.15, 0.2) is 46.9 Å². The molecule has 2 N–H and O–H groups in total. The molecule has 0 atom stereocenters. The van der Waals surface area contributed by atoms with Crippen LogP contribution in [0.5, 0.6) is 0 Å². The van der Waals surface area contributed by atoms with Crippen LogP contribution < -0.4 is 10.6 Å². The molecule has 0 fully saturated rings. The van der Waals surface area contributed by atoms with E-state index in [1.165, 1.54) is 11.1 Å². The summed E-state index contributed by atoms with van der Waals surface area (Å²) in [4.78, 5) is 0. The van der Waals surface area contributed by atoms with Crippen LogP contribution in [0, 0.1) is 6.92 Å². The molecular formula is C15H17BrN2. The first-order valence-electron chi connectivity index (χ1n) is 5.96. The summed E-state index contributed by atoms with van der Waals surface area (Å²) in [6.07, 6.45) is 0. The Labute approximate surface area is 117 Å². The number of hydrogen-bond acceptors (Lipinski definition) is 2. The summed E-state index contributed by atoms with van der Waals surface area (Å²) in [5, 5.41) is 6.58. The van der Waals surface area contributed by atoms with Gasteiger partial charge in [0, 0.05) is 29.4 Å². The van der Waals surface area contributed by atoms with Crippen LogP contribution in [-0.2, 0) is 6.54 Å². The third kappa shape index (κ3) is 3.26. The maximum atomic E-state index is 3.51. The summed E-state index contributed by atoms with van der Waals surface area (Å²) < 4.78 is 1.14. The third-order valence-corrected chi connectivity index (χ3v) is 3.76. The Morgan fingerprint density at radius 2 is 1.89 bits per heavy atom. The van der Waals surface area contributed by atoms with Gasteiger partial charge in [0.15, 0.2) is 0 Å². The highest BCUT2D eigenvalue weighted by Crippen LogP contribution is 2.20. The SMILES string of the molecule is CNc1cccc(CNc2ccc(Br)c(C)c2)c1. The minimum atomic E-state index is 0.830. The summed E-state index contributed by atoms with van der Waals surface area (Å²) >= 11 is 3.51. The molecule has 0 aromatic heterocycles. The number of anilines is 2. The van der Waals surface area contributed by atoms with Crippen molar-refractivity contribution in [3.63, 3.8) is 0 Å². The predicted octanol–water partition coefficient (Wildman–Crippen LogP) is 4.41. The second kappa shape index (κ2) is 5.91. The van der Waals surface area contributed by atoms with E-state index in [0.29, 0.717) is 0 Å². The molecule has 0 aliphatic carbocycles. The van der Waals surface area contributed by atoms with Gasteiger partial charge in [-0.05, 0) is 48.4 Å². The minimum Gasteiger partial charge on any atom is -0.388 e. The molecule has 2 nitrogen and oxygen atoms in total. The van der Waals surface area contributed by atoms with Crippen molar-refractivity contribution in [1.29, 1.82) is 0 Å². The number of nitrogens with one attached hydrogen (secondary N) is 2. The molecule has 0 saturated heterocycles. The van der Waals surface area contributed by atoms with E-state index >= 15 is 0 Å². The lowest BCUT2D eigenvalue weighted by Gasteiger charge is -2.09. The Morgan fingerprint density at radius 3 is 2.61 bits per heavy atom. The van der Waals surface area contributed by atoms with Crippen molar-refractivity contribution in [3.05, 3.63) is 58.1 Å². The predicted molar refractivity (Wildman–Crippen MR) is 82.2 cm³/mol. The second-order valence-electron chi connectivity index (χ2n) is 4.27. The van der Waals surface area contributed by atoms with Crippen molar-refractivity contribution in [3.8, 4) is 0 Å². The minimum absolute atomic E-state index is 0.830. The molecule has 0 aliphatic heterocycles. The monoisotopic (exact) mass is 304 g/mol. The van der Waals surface area contributed by atoms with Crippen LogP contribution in [-0.4, -0.2) is 7.05 Å². The zero-order valence-electron chi connectivity index (χ0n) is 10.6. The Balaban J connectivity index is 2.04. The van der Waals surface area contributed by atoms with Crippen molar-refractivity contribution < 1.29 is 0 Å². The molecule has 2 aromatic carbocycles. The lowest BCUT2D eigenvalue weighted by molar-refractivity contribution is 1.15. The van der Waals surface area contributed by atoms with E-state index in [4.69, 9.17) is 0 Å². The van der Waals surface area contributed by atoms with Crippen LogP contribution in [0.25, 0.3) is 0 Å². The normalized spacial score (nSPS) is 10.2. The largest absolute Gasteiger partial charge is 0.388 e. The quantitative estimate of drug-likeness (QED) is 0.874. The van der Waals surface area contributed by atoms with Crippen LogP contribution in [0.2, 0.25) is 0 Å². The van der Waals surface area contributed by atoms with Gasteiger partial charge in [-0.1, -0.05) is 28.1 Å². The molecule has 18 heavy (non-hydrogen) atoms. The highest BCUT2D eigenvalue weighted by molar-refractivity contribution is 9.10. The standard InChI is InChI=1S/C15H17BrN2/c1-11-8-14(6-7-15(11)16)18-10-12-4-3-5-13(9-12)17-2/h3-9,17-18H,10H2,1-2H3. The average molecular weight is 305 g/mol. The van der Waals surface area contributed by atoms with E-state index in [1.54, 1.807) is 0 Å². The van der Waals surface area contributed by atoms with E-state index in [9.17, 15) is 0 Å². The Morgan fingerprint density at radius 1 is 1.06 bits per heavy atom. The first kappa shape index (κ1) is 13.0. The lowest BCUT2D eigenvalue weighted by Crippen LogP contribution is -2.00. The highest BCUT2D eigenvalue weighted by Gasteiger charge is 1.98. The summed E-state index contributed by atoms with van der Waals surface area (Å²) in [6.45, 7) is 2.92. The maximum absolute atomic E-state index is 3.51. The molecule has 94 valence electrons. The molecule has 3 heteroatoms. The fourth-order valence-corrected chi connectivity index (χ4v) is 2.04. The molecule has 0 unspecified atom stereocenters. The maximum Gasteiger partial charge on any atom is 0.0401 e. The molecule has 0 bridgehead atoms. The fourth-order valence-electron chi connectivity index (χ4n) is 1.80. The fraction of sp³-hybridized carbons (Fsp3) is 0.200. The van der Waals surface area contributed by atoms with Crippen molar-refractivity contribution in [2.24, 2.45) is 0 Å². The van der Waals surface area contributed by atoms with E-state index < -0.39 is 0 Å². The number of rotatable bonds is 4. The summed E-state index contributed by atoms with van der Waals surface area (Å²) in [5.74, 6) is 0. The van der Waals surface area contributed by atoms with Crippen LogP contribution >= 0.6 is 15.9 Å². The zero-order valence-corrected chi connectivity index (χ0v) is 12.2. The lowest BCUT2D eigenvalue weighted by atomic mass is 10.2. The summed E-state index contributed by atoms with van der Waals surface area (Å²) in [6, 6.07) is 14.7. The number of benzene rings is 2. The summed E-state index contributed by atoms with van der Waals surface area (Å²) in [7, 11) is 1.94. The third-order valence-electron chi connectivity index (χ3n) is 2.87. The van der Waals surface area contributed by atoms with Gasteiger partial charge in [0.1, 0.15) is 0 Å². The highest BCUT2D eigenvalue weighted by atomic mass is 79.9. The molecule has 0 amide bonds.